The summed E-state index contributed by atoms with van der Waals surface area (Å²) in [6, 6.07) is 5.36. The van der Waals surface area contributed by atoms with Crippen LogP contribution in [0.3, 0.4) is 0 Å². The van der Waals surface area contributed by atoms with Crippen molar-refractivity contribution >= 4 is 17.7 Å². The molecular weight excluding hydrogens is 414 g/mol. The Hall–Kier alpha value is -2.86. The van der Waals surface area contributed by atoms with E-state index >= 15 is 0 Å². The molecule has 1 aliphatic carbocycles. The van der Waals surface area contributed by atoms with Gasteiger partial charge in [-0.3, -0.25) is 14.2 Å². The van der Waals surface area contributed by atoms with Crippen molar-refractivity contribution in [3.63, 3.8) is 0 Å². The lowest BCUT2D eigenvalue weighted by atomic mass is 10.1. The maximum Gasteiger partial charge on any atom is 0.257 e. The summed E-state index contributed by atoms with van der Waals surface area (Å²) in [5.74, 6) is 1.14. The molecule has 1 amide bonds. The highest BCUT2D eigenvalue weighted by molar-refractivity contribution is 7.99. The second-order valence-electron chi connectivity index (χ2n) is 8.18. The van der Waals surface area contributed by atoms with Gasteiger partial charge >= 0.3 is 0 Å². The third-order valence-corrected chi connectivity index (χ3v) is 7.34. The van der Waals surface area contributed by atoms with Crippen molar-refractivity contribution in [3.8, 4) is 11.9 Å². The molecule has 160 valence electrons. The molecule has 2 aromatic rings. The predicted molar refractivity (Wildman–Crippen MR) is 114 cm³/mol. The average Bonchev–Trinajstić information content (AvgIpc) is 3.42. The first-order valence-electron chi connectivity index (χ1n) is 10.7. The fourth-order valence-electron chi connectivity index (χ4n) is 4.58. The van der Waals surface area contributed by atoms with Crippen molar-refractivity contribution in [2.75, 3.05) is 18.8 Å². The zero-order valence-electron chi connectivity index (χ0n) is 17.1. The van der Waals surface area contributed by atoms with E-state index < -0.39 is 0 Å². The highest BCUT2D eigenvalue weighted by atomic mass is 32.2. The van der Waals surface area contributed by atoms with Gasteiger partial charge in [-0.1, -0.05) is 11.8 Å². The summed E-state index contributed by atoms with van der Waals surface area (Å²) in [6.07, 6.45) is 5.92. The fourth-order valence-corrected chi connectivity index (χ4v) is 5.74. The lowest BCUT2D eigenvalue weighted by molar-refractivity contribution is -0.133. The van der Waals surface area contributed by atoms with Gasteiger partial charge < -0.3 is 9.64 Å². The summed E-state index contributed by atoms with van der Waals surface area (Å²) >= 11 is 1.58. The van der Waals surface area contributed by atoms with Gasteiger partial charge in [-0.25, -0.2) is 9.97 Å². The number of nitrogens with zero attached hydrogens (tertiary/aromatic N) is 5. The summed E-state index contributed by atoms with van der Waals surface area (Å²) in [5, 5.41) is 9.95. The number of carbonyl (C=O) groups excluding carboxylic acids is 1. The number of aryl methyl sites for hydroxylation is 1. The number of nitriles is 1. The Morgan fingerprint density at radius 2 is 2.16 bits per heavy atom. The van der Waals surface area contributed by atoms with Crippen LogP contribution in [0.15, 0.2) is 28.3 Å². The maximum absolute atomic E-state index is 13.0. The quantitative estimate of drug-likeness (QED) is 0.675. The highest BCUT2D eigenvalue weighted by Gasteiger charge is 2.33. The van der Waals surface area contributed by atoms with E-state index in [0.29, 0.717) is 49.5 Å². The summed E-state index contributed by atoms with van der Waals surface area (Å²) < 4.78 is 7.67. The molecular formula is C22H23N5O3S. The molecule has 5 rings (SSSR count). The second-order valence-corrected chi connectivity index (χ2v) is 9.17. The van der Waals surface area contributed by atoms with Crippen LogP contribution in [0.4, 0.5) is 0 Å². The van der Waals surface area contributed by atoms with Gasteiger partial charge in [-0.15, -0.1) is 0 Å². The standard InChI is InChI=1S/C22H23N5O3S/c23-12-14-3-2-8-24-20(14)30-16-6-9-26(10-7-16)19(28)11-15-13-31-22-25-18-5-1-4-17(18)21(29)27(15)22/h2-3,8,15-16H,1,4-7,9-11,13H2/t15-/m0/s1. The first kappa shape index (κ1) is 20.1. The number of hydrogen-bond acceptors (Lipinski definition) is 7. The Balaban J connectivity index is 1.20. The SMILES string of the molecule is N#Cc1cccnc1OC1CCN(C(=O)C[C@H]2CSc3nc4c(c(=O)n32)CCC4)CC1. The first-order valence-corrected chi connectivity index (χ1v) is 11.7. The number of ether oxygens (including phenoxy) is 1. The lowest BCUT2D eigenvalue weighted by Crippen LogP contribution is -2.43. The number of thioether (sulfide) groups is 1. The number of likely N-dealkylation sites (tertiary alicyclic amines) is 1. The number of carbonyl (C=O) groups is 1. The molecule has 0 bridgehead atoms. The molecule has 2 aromatic heterocycles. The molecule has 3 aliphatic rings. The third kappa shape index (κ3) is 3.81. The number of pyridine rings is 1. The molecule has 31 heavy (non-hydrogen) atoms. The molecule has 9 heteroatoms. The van der Waals surface area contributed by atoms with E-state index in [-0.39, 0.29) is 23.6 Å². The lowest BCUT2D eigenvalue weighted by Gasteiger charge is -2.32. The number of hydrogen-bond donors (Lipinski definition) is 0. The summed E-state index contributed by atoms with van der Waals surface area (Å²) in [6.45, 7) is 1.20. The van der Waals surface area contributed by atoms with Crippen molar-refractivity contribution in [2.24, 2.45) is 0 Å². The van der Waals surface area contributed by atoms with Crippen LogP contribution in [0.2, 0.25) is 0 Å². The van der Waals surface area contributed by atoms with E-state index in [1.165, 1.54) is 0 Å². The Bertz CT molecular complexity index is 1120. The van der Waals surface area contributed by atoms with E-state index in [2.05, 4.69) is 16.0 Å². The molecule has 0 spiro atoms. The van der Waals surface area contributed by atoms with E-state index in [4.69, 9.17) is 4.74 Å². The molecule has 0 saturated carbocycles. The second kappa shape index (κ2) is 8.35. The van der Waals surface area contributed by atoms with E-state index in [1.54, 1.807) is 34.7 Å². The third-order valence-electron chi connectivity index (χ3n) is 6.25. The number of rotatable bonds is 4. The van der Waals surface area contributed by atoms with Gasteiger partial charge in [0.1, 0.15) is 17.7 Å². The van der Waals surface area contributed by atoms with Crippen LogP contribution in [-0.2, 0) is 17.6 Å². The Labute approximate surface area is 184 Å². The summed E-state index contributed by atoms with van der Waals surface area (Å²) in [7, 11) is 0. The molecule has 2 aliphatic heterocycles. The number of aromatic nitrogens is 3. The van der Waals surface area contributed by atoms with Crippen molar-refractivity contribution in [1.82, 2.24) is 19.4 Å². The fraction of sp³-hybridized carbons (Fsp3) is 0.500. The van der Waals surface area contributed by atoms with E-state index in [0.717, 1.165) is 35.7 Å². The maximum atomic E-state index is 13.0. The molecule has 0 N–H and O–H groups in total. The first-order chi connectivity index (χ1) is 15.1. The van der Waals surface area contributed by atoms with Crippen LogP contribution in [0.5, 0.6) is 5.88 Å². The van der Waals surface area contributed by atoms with E-state index in [9.17, 15) is 14.9 Å². The molecule has 1 atom stereocenters. The van der Waals surface area contributed by atoms with Gasteiger partial charge in [0.15, 0.2) is 5.16 Å². The van der Waals surface area contributed by atoms with Crippen LogP contribution in [0, 0.1) is 11.3 Å². The van der Waals surface area contributed by atoms with Gasteiger partial charge in [-0.2, -0.15) is 5.26 Å². The zero-order valence-corrected chi connectivity index (χ0v) is 17.9. The Morgan fingerprint density at radius 3 is 2.97 bits per heavy atom. The minimum Gasteiger partial charge on any atom is -0.473 e. The Morgan fingerprint density at radius 1 is 1.32 bits per heavy atom. The van der Waals surface area contributed by atoms with Crippen LogP contribution < -0.4 is 10.3 Å². The summed E-state index contributed by atoms with van der Waals surface area (Å²) in [4.78, 5) is 36.6. The predicted octanol–water partition coefficient (Wildman–Crippen LogP) is 2.11. The molecule has 0 radical (unpaired) electrons. The Kier molecular flexibility index (Phi) is 5.40. The van der Waals surface area contributed by atoms with Gasteiger partial charge in [0.05, 0.1) is 11.7 Å². The largest absolute Gasteiger partial charge is 0.473 e. The normalized spacial score (nSPS) is 20.2. The molecule has 4 heterocycles. The summed E-state index contributed by atoms with van der Waals surface area (Å²) in [5.41, 5.74) is 2.26. The minimum absolute atomic E-state index is 0.0519. The zero-order chi connectivity index (χ0) is 21.4. The molecule has 8 nitrogen and oxygen atoms in total. The van der Waals surface area contributed by atoms with Crippen LogP contribution >= 0.6 is 11.8 Å². The number of fused-ring (bicyclic) bond motifs is 2. The van der Waals surface area contributed by atoms with Gasteiger partial charge in [-0.05, 0) is 31.4 Å². The molecule has 1 saturated heterocycles. The topological polar surface area (TPSA) is 101 Å². The number of amides is 1. The highest BCUT2D eigenvalue weighted by Crippen LogP contribution is 2.34. The molecule has 1 fully saturated rings. The van der Waals surface area contributed by atoms with Crippen molar-refractivity contribution in [2.45, 2.75) is 55.8 Å². The molecule has 0 unspecified atom stereocenters. The van der Waals surface area contributed by atoms with Crippen LogP contribution in [0.1, 0.15) is 48.5 Å². The monoisotopic (exact) mass is 437 g/mol. The molecule has 0 aromatic carbocycles. The minimum atomic E-state index is -0.126. The van der Waals surface area contributed by atoms with Crippen molar-refractivity contribution in [3.05, 3.63) is 45.5 Å². The van der Waals surface area contributed by atoms with Crippen LogP contribution in [0.25, 0.3) is 0 Å². The number of piperidine rings is 1. The van der Waals surface area contributed by atoms with E-state index in [1.807, 2.05) is 4.90 Å². The smallest absolute Gasteiger partial charge is 0.257 e. The van der Waals surface area contributed by atoms with Crippen molar-refractivity contribution in [1.29, 1.82) is 5.26 Å². The van der Waals surface area contributed by atoms with Crippen molar-refractivity contribution < 1.29 is 9.53 Å². The van der Waals surface area contributed by atoms with Gasteiger partial charge in [0.25, 0.3) is 5.56 Å². The van der Waals surface area contributed by atoms with Gasteiger partial charge in [0, 0.05) is 49.9 Å². The van der Waals surface area contributed by atoms with Crippen LogP contribution in [-0.4, -0.2) is 50.3 Å². The average molecular weight is 438 g/mol. The van der Waals surface area contributed by atoms with Gasteiger partial charge in [0.2, 0.25) is 11.8 Å².